The first-order chi connectivity index (χ1) is 9.73. The van der Waals surface area contributed by atoms with Gasteiger partial charge in [0.25, 0.3) is 0 Å². The van der Waals surface area contributed by atoms with Crippen LogP contribution in [0.1, 0.15) is 19.8 Å². The van der Waals surface area contributed by atoms with Gasteiger partial charge in [0.1, 0.15) is 15.3 Å². The number of hydrogen-bond donors (Lipinski definition) is 3. The molecule has 2 rings (SSSR count). The lowest BCUT2D eigenvalue weighted by molar-refractivity contribution is -0.148. The molecule has 2 aliphatic heterocycles. The highest BCUT2D eigenvalue weighted by molar-refractivity contribution is 7.91. The average Bonchev–Trinajstić information content (AvgIpc) is 2.75. The summed E-state index contributed by atoms with van der Waals surface area (Å²) in [6.45, 7) is 1.73. The van der Waals surface area contributed by atoms with Crippen molar-refractivity contribution in [2.45, 2.75) is 31.8 Å². The van der Waals surface area contributed by atoms with Crippen LogP contribution in [0.5, 0.6) is 0 Å². The van der Waals surface area contributed by atoms with Crippen molar-refractivity contribution < 1.29 is 27.9 Å². The number of aliphatic carboxylic acids is 1. The number of carboxylic acids is 1. The van der Waals surface area contributed by atoms with Gasteiger partial charge < -0.3 is 20.5 Å². The van der Waals surface area contributed by atoms with Gasteiger partial charge in [0, 0.05) is 6.04 Å². The van der Waals surface area contributed by atoms with E-state index < -0.39 is 33.3 Å². The summed E-state index contributed by atoms with van der Waals surface area (Å²) in [7, 11) is -2.97. The fourth-order valence-electron chi connectivity index (χ4n) is 2.50. The SMILES string of the molecule is CC1(C(=O)O)COCC1NC(=O)NC1CCS(=O)(=O)CC1. The second-order valence-electron chi connectivity index (χ2n) is 5.83. The Morgan fingerprint density at radius 1 is 1.24 bits per heavy atom. The predicted molar refractivity (Wildman–Crippen MR) is 73.7 cm³/mol. The van der Waals surface area contributed by atoms with Gasteiger partial charge in [0.15, 0.2) is 0 Å². The zero-order chi connectivity index (χ0) is 15.7. The maximum absolute atomic E-state index is 11.9. The summed E-state index contributed by atoms with van der Waals surface area (Å²) in [4.78, 5) is 23.2. The third-order valence-corrected chi connectivity index (χ3v) is 5.85. The second kappa shape index (κ2) is 5.80. The Bertz CT molecular complexity index is 520. The number of carboxylic acid groups (broad SMARTS) is 1. The first-order valence-electron chi connectivity index (χ1n) is 6.81. The monoisotopic (exact) mass is 320 g/mol. The van der Waals surface area contributed by atoms with E-state index in [0.29, 0.717) is 12.8 Å². The van der Waals surface area contributed by atoms with Crippen LogP contribution in [0.3, 0.4) is 0 Å². The van der Waals surface area contributed by atoms with E-state index >= 15 is 0 Å². The zero-order valence-corrected chi connectivity index (χ0v) is 12.6. The molecule has 3 N–H and O–H groups in total. The molecule has 2 fully saturated rings. The first-order valence-corrected chi connectivity index (χ1v) is 8.64. The fraction of sp³-hybridized carbons (Fsp3) is 0.833. The molecule has 0 aromatic rings. The van der Waals surface area contributed by atoms with E-state index in [9.17, 15) is 23.1 Å². The maximum atomic E-state index is 11.9. The molecular formula is C12H20N2O6S. The quantitative estimate of drug-likeness (QED) is 0.635. The number of nitrogens with one attached hydrogen (secondary N) is 2. The lowest BCUT2D eigenvalue weighted by Gasteiger charge is -2.28. The summed E-state index contributed by atoms with van der Waals surface area (Å²) in [6.07, 6.45) is 0.764. The average molecular weight is 320 g/mol. The van der Waals surface area contributed by atoms with Crippen LogP contribution in [0, 0.1) is 5.41 Å². The molecule has 0 bridgehead atoms. The van der Waals surface area contributed by atoms with Gasteiger partial charge in [-0.05, 0) is 19.8 Å². The van der Waals surface area contributed by atoms with Gasteiger partial charge in [-0.25, -0.2) is 13.2 Å². The Morgan fingerprint density at radius 2 is 1.86 bits per heavy atom. The molecule has 0 aromatic carbocycles. The Kier molecular flexibility index (Phi) is 4.43. The Labute approximate surface area is 123 Å². The minimum Gasteiger partial charge on any atom is -0.481 e. The topological polar surface area (TPSA) is 122 Å². The Balaban J connectivity index is 1.86. The van der Waals surface area contributed by atoms with Gasteiger partial charge in [-0.15, -0.1) is 0 Å². The molecule has 2 unspecified atom stereocenters. The third kappa shape index (κ3) is 3.65. The molecular weight excluding hydrogens is 300 g/mol. The van der Waals surface area contributed by atoms with Gasteiger partial charge in [-0.1, -0.05) is 0 Å². The normalized spacial score (nSPS) is 32.5. The number of sulfone groups is 1. The highest BCUT2D eigenvalue weighted by Gasteiger charge is 2.47. The van der Waals surface area contributed by atoms with Crippen LogP contribution in [-0.2, 0) is 19.4 Å². The number of carbonyl (C=O) groups excluding carboxylic acids is 1. The summed E-state index contributed by atoms with van der Waals surface area (Å²) in [6, 6.07) is -1.29. The molecule has 2 atom stereocenters. The van der Waals surface area contributed by atoms with Crippen molar-refractivity contribution in [3.8, 4) is 0 Å². The van der Waals surface area contributed by atoms with Crippen LogP contribution in [0.15, 0.2) is 0 Å². The van der Waals surface area contributed by atoms with Crippen LogP contribution in [0.4, 0.5) is 4.79 Å². The molecule has 2 aliphatic rings. The molecule has 21 heavy (non-hydrogen) atoms. The molecule has 0 aliphatic carbocycles. The molecule has 0 spiro atoms. The lowest BCUT2D eigenvalue weighted by Crippen LogP contribution is -2.54. The van der Waals surface area contributed by atoms with E-state index in [1.54, 1.807) is 0 Å². The summed E-state index contributed by atoms with van der Waals surface area (Å²) < 4.78 is 27.8. The summed E-state index contributed by atoms with van der Waals surface area (Å²) in [5.41, 5.74) is -1.15. The molecule has 8 nitrogen and oxygen atoms in total. The molecule has 9 heteroatoms. The number of ether oxygens (including phenoxy) is 1. The lowest BCUT2D eigenvalue weighted by atomic mass is 9.85. The van der Waals surface area contributed by atoms with Crippen LogP contribution < -0.4 is 10.6 Å². The molecule has 0 aromatic heterocycles. The minimum atomic E-state index is -2.97. The number of amides is 2. The van der Waals surface area contributed by atoms with Crippen molar-refractivity contribution in [3.63, 3.8) is 0 Å². The van der Waals surface area contributed by atoms with Crippen molar-refractivity contribution in [3.05, 3.63) is 0 Å². The zero-order valence-electron chi connectivity index (χ0n) is 11.8. The van der Waals surface area contributed by atoms with E-state index in [-0.39, 0.29) is 30.8 Å². The van der Waals surface area contributed by atoms with Gasteiger partial charge in [0.05, 0.1) is 30.8 Å². The van der Waals surface area contributed by atoms with E-state index in [4.69, 9.17) is 4.74 Å². The molecule has 2 amide bonds. The van der Waals surface area contributed by atoms with Crippen molar-refractivity contribution in [1.82, 2.24) is 10.6 Å². The van der Waals surface area contributed by atoms with Crippen molar-refractivity contribution in [2.75, 3.05) is 24.7 Å². The summed E-state index contributed by atoms with van der Waals surface area (Å²) in [5, 5.41) is 14.5. The Hall–Kier alpha value is -1.35. The van der Waals surface area contributed by atoms with Crippen molar-refractivity contribution >= 4 is 21.8 Å². The molecule has 0 saturated carbocycles. The van der Waals surface area contributed by atoms with Crippen molar-refractivity contribution in [1.29, 1.82) is 0 Å². The molecule has 0 radical (unpaired) electrons. The van der Waals surface area contributed by atoms with Crippen LogP contribution in [-0.4, -0.2) is 62.3 Å². The number of hydrogen-bond acceptors (Lipinski definition) is 5. The maximum Gasteiger partial charge on any atom is 0.315 e. The summed E-state index contributed by atoms with van der Waals surface area (Å²) in [5.74, 6) is -0.886. The largest absolute Gasteiger partial charge is 0.481 e. The van der Waals surface area contributed by atoms with Crippen LogP contribution in [0.25, 0.3) is 0 Å². The van der Waals surface area contributed by atoms with E-state index in [1.165, 1.54) is 6.92 Å². The van der Waals surface area contributed by atoms with E-state index in [0.717, 1.165) is 0 Å². The predicted octanol–water partition coefficient (Wildman–Crippen LogP) is -0.647. The summed E-state index contributed by atoms with van der Waals surface area (Å²) >= 11 is 0. The van der Waals surface area contributed by atoms with Gasteiger partial charge in [-0.3, -0.25) is 4.79 Å². The number of urea groups is 1. The van der Waals surface area contributed by atoms with Crippen LogP contribution >= 0.6 is 0 Å². The van der Waals surface area contributed by atoms with Crippen molar-refractivity contribution in [2.24, 2.45) is 5.41 Å². The van der Waals surface area contributed by atoms with Gasteiger partial charge in [0.2, 0.25) is 0 Å². The highest BCUT2D eigenvalue weighted by atomic mass is 32.2. The first kappa shape index (κ1) is 16.0. The minimum absolute atomic E-state index is 0.0505. The number of carbonyl (C=O) groups is 2. The number of rotatable bonds is 3. The molecule has 120 valence electrons. The molecule has 2 saturated heterocycles. The van der Waals surface area contributed by atoms with Gasteiger partial charge >= 0.3 is 12.0 Å². The van der Waals surface area contributed by atoms with Gasteiger partial charge in [-0.2, -0.15) is 0 Å². The van der Waals surface area contributed by atoms with Crippen LogP contribution in [0.2, 0.25) is 0 Å². The van der Waals surface area contributed by atoms with E-state index in [2.05, 4.69) is 10.6 Å². The highest BCUT2D eigenvalue weighted by Crippen LogP contribution is 2.28. The molecule has 2 heterocycles. The van der Waals surface area contributed by atoms with E-state index in [1.807, 2.05) is 0 Å². The smallest absolute Gasteiger partial charge is 0.315 e. The second-order valence-corrected chi connectivity index (χ2v) is 8.14. The third-order valence-electron chi connectivity index (χ3n) is 4.14. The fourth-order valence-corrected chi connectivity index (χ4v) is 4.00. The Morgan fingerprint density at radius 3 is 2.43 bits per heavy atom. The standard InChI is InChI=1S/C12H20N2O6S/c1-12(10(15)16)7-20-6-9(12)14-11(17)13-8-2-4-21(18,19)5-3-8/h8-9H,2-7H2,1H3,(H,15,16)(H2,13,14,17).